The van der Waals surface area contributed by atoms with Crippen LogP contribution in [0, 0.1) is 5.92 Å². The minimum atomic E-state index is -0.240. The third kappa shape index (κ3) is 6.09. The van der Waals surface area contributed by atoms with Gasteiger partial charge in [0.25, 0.3) is 11.8 Å². The number of nitrogens with one attached hydrogen (secondary N) is 1. The lowest BCUT2D eigenvalue weighted by Crippen LogP contribution is -2.30. The van der Waals surface area contributed by atoms with Crippen molar-refractivity contribution in [3.8, 4) is 0 Å². The fourth-order valence-corrected chi connectivity index (χ4v) is 3.63. The van der Waals surface area contributed by atoms with Crippen LogP contribution in [0.15, 0.2) is 65.2 Å². The van der Waals surface area contributed by atoms with E-state index in [1.807, 2.05) is 54.6 Å². The molecule has 33 heavy (non-hydrogen) atoms. The molecule has 1 fully saturated rings. The summed E-state index contributed by atoms with van der Waals surface area (Å²) in [5.74, 6) is 0.720. The highest BCUT2D eigenvalue weighted by molar-refractivity contribution is 5.94. The number of amides is 2. The summed E-state index contributed by atoms with van der Waals surface area (Å²) < 4.78 is 5.42. The Kier molecular flexibility index (Phi) is 6.63. The molecule has 0 radical (unpaired) electrons. The van der Waals surface area contributed by atoms with Crippen molar-refractivity contribution >= 4 is 11.8 Å². The van der Waals surface area contributed by atoms with Gasteiger partial charge in [-0.1, -0.05) is 68.4 Å². The predicted molar refractivity (Wildman–Crippen MR) is 127 cm³/mol. The second kappa shape index (κ2) is 9.61. The molecule has 6 nitrogen and oxygen atoms in total. The molecule has 1 saturated carbocycles. The van der Waals surface area contributed by atoms with Crippen LogP contribution in [0.1, 0.15) is 71.3 Å². The number of hydrogen-bond acceptors (Lipinski definition) is 4. The van der Waals surface area contributed by atoms with E-state index < -0.39 is 0 Å². The Morgan fingerprint density at radius 1 is 1.03 bits per heavy atom. The Hall–Kier alpha value is -3.41. The van der Waals surface area contributed by atoms with E-state index in [0.29, 0.717) is 30.3 Å². The van der Waals surface area contributed by atoms with E-state index in [4.69, 9.17) is 4.52 Å². The van der Waals surface area contributed by atoms with Crippen LogP contribution in [0.3, 0.4) is 0 Å². The standard InChI is InChI=1S/C27H31N3O3/c1-27(2,3)22-13-11-21(12-14-22)26(32)30(17-20-7-5-4-6-8-20)18-23-15-24(29-33-23)25(31)28-16-19-9-10-19/h4-8,11-15,19H,9-10,16-18H2,1-3H3,(H,28,31). The average molecular weight is 446 g/mol. The third-order valence-corrected chi connectivity index (χ3v) is 5.89. The van der Waals surface area contributed by atoms with Crippen molar-refractivity contribution in [2.45, 2.75) is 52.1 Å². The summed E-state index contributed by atoms with van der Waals surface area (Å²) in [6.45, 7) is 7.75. The van der Waals surface area contributed by atoms with E-state index in [1.165, 1.54) is 5.56 Å². The van der Waals surface area contributed by atoms with Gasteiger partial charge in [-0.05, 0) is 47.4 Å². The van der Waals surface area contributed by atoms with Gasteiger partial charge in [-0.25, -0.2) is 0 Å². The molecule has 1 heterocycles. The Morgan fingerprint density at radius 2 is 1.73 bits per heavy atom. The molecule has 1 N–H and O–H groups in total. The summed E-state index contributed by atoms with van der Waals surface area (Å²) in [6, 6.07) is 19.2. The summed E-state index contributed by atoms with van der Waals surface area (Å²) in [7, 11) is 0. The van der Waals surface area contributed by atoms with E-state index in [0.717, 1.165) is 18.4 Å². The highest BCUT2D eigenvalue weighted by Gasteiger charge is 2.24. The summed E-state index contributed by atoms with van der Waals surface area (Å²) in [5.41, 5.74) is 3.06. The molecule has 0 atom stereocenters. The second-order valence-electron chi connectivity index (χ2n) is 9.81. The minimum Gasteiger partial charge on any atom is -0.359 e. The number of carbonyl (C=O) groups is 2. The monoisotopic (exact) mass is 445 g/mol. The highest BCUT2D eigenvalue weighted by Crippen LogP contribution is 2.27. The fraction of sp³-hybridized carbons (Fsp3) is 0.370. The number of nitrogens with zero attached hydrogens (tertiary/aromatic N) is 2. The normalized spacial score (nSPS) is 13.5. The second-order valence-corrected chi connectivity index (χ2v) is 9.81. The van der Waals surface area contributed by atoms with Crippen LogP contribution in [0.25, 0.3) is 0 Å². The molecule has 1 aliphatic rings. The molecule has 2 aromatic carbocycles. The van der Waals surface area contributed by atoms with Gasteiger partial charge in [-0.15, -0.1) is 0 Å². The summed E-state index contributed by atoms with van der Waals surface area (Å²) >= 11 is 0. The Labute approximate surface area is 195 Å². The minimum absolute atomic E-state index is 0.0155. The first-order chi connectivity index (χ1) is 15.8. The van der Waals surface area contributed by atoms with Crippen molar-refractivity contribution in [1.29, 1.82) is 0 Å². The lowest BCUT2D eigenvalue weighted by Gasteiger charge is -2.23. The number of carbonyl (C=O) groups excluding carboxylic acids is 2. The molecule has 0 unspecified atom stereocenters. The van der Waals surface area contributed by atoms with E-state index in [1.54, 1.807) is 11.0 Å². The SMILES string of the molecule is CC(C)(C)c1ccc(C(=O)N(Cc2ccccc2)Cc2cc(C(=O)NCC3CC3)no2)cc1. The van der Waals surface area contributed by atoms with Crippen LogP contribution in [0.5, 0.6) is 0 Å². The van der Waals surface area contributed by atoms with Crippen LogP contribution >= 0.6 is 0 Å². The maximum absolute atomic E-state index is 13.4. The van der Waals surface area contributed by atoms with Crippen molar-refractivity contribution in [3.63, 3.8) is 0 Å². The van der Waals surface area contributed by atoms with Crippen LogP contribution < -0.4 is 5.32 Å². The predicted octanol–water partition coefficient (Wildman–Crippen LogP) is 4.95. The summed E-state index contributed by atoms with van der Waals surface area (Å²) in [5, 5.41) is 6.81. The Balaban J connectivity index is 1.51. The first-order valence-electron chi connectivity index (χ1n) is 11.5. The van der Waals surface area contributed by atoms with Gasteiger partial charge in [0.1, 0.15) is 0 Å². The van der Waals surface area contributed by atoms with Crippen LogP contribution in [0.4, 0.5) is 0 Å². The highest BCUT2D eigenvalue weighted by atomic mass is 16.5. The molecule has 0 aliphatic heterocycles. The molecule has 2 amide bonds. The first kappa shape index (κ1) is 22.8. The molecule has 1 aliphatic carbocycles. The molecule has 1 aromatic heterocycles. The molecule has 6 heteroatoms. The van der Waals surface area contributed by atoms with Crippen LogP contribution in [-0.4, -0.2) is 28.4 Å². The van der Waals surface area contributed by atoms with Gasteiger partial charge >= 0.3 is 0 Å². The molecule has 0 spiro atoms. The zero-order valence-electron chi connectivity index (χ0n) is 19.5. The van der Waals surface area contributed by atoms with Gasteiger partial charge in [-0.2, -0.15) is 0 Å². The quantitative estimate of drug-likeness (QED) is 0.532. The zero-order valence-corrected chi connectivity index (χ0v) is 19.5. The number of benzene rings is 2. The largest absolute Gasteiger partial charge is 0.359 e. The Morgan fingerprint density at radius 3 is 2.36 bits per heavy atom. The van der Waals surface area contributed by atoms with Gasteiger partial charge in [0.05, 0.1) is 6.54 Å². The van der Waals surface area contributed by atoms with Crippen molar-refractivity contribution in [2.75, 3.05) is 6.54 Å². The maximum atomic E-state index is 13.4. The topological polar surface area (TPSA) is 75.4 Å². The van der Waals surface area contributed by atoms with Crippen molar-refractivity contribution in [3.05, 3.63) is 88.8 Å². The lowest BCUT2D eigenvalue weighted by atomic mass is 9.86. The molecule has 4 rings (SSSR count). The molecule has 172 valence electrons. The van der Waals surface area contributed by atoms with E-state index in [-0.39, 0.29) is 29.5 Å². The van der Waals surface area contributed by atoms with Gasteiger partial charge in [0, 0.05) is 24.7 Å². The van der Waals surface area contributed by atoms with Crippen molar-refractivity contribution < 1.29 is 14.1 Å². The molecule has 3 aromatic rings. The molecular formula is C27H31N3O3. The zero-order chi connectivity index (χ0) is 23.4. The van der Waals surface area contributed by atoms with Crippen molar-refractivity contribution in [2.24, 2.45) is 5.92 Å². The number of rotatable bonds is 8. The van der Waals surface area contributed by atoms with Crippen molar-refractivity contribution in [1.82, 2.24) is 15.4 Å². The maximum Gasteiger partial charge on any atom is 0.273 e. The molecular weight excluding hydrogens is 414 g/mol. The summed E-state index contributed by atoms with van der Waals surface area (Å²) in [6.07, 6.45) is 2.33. The number of hydrogen-bond donors (Lipinski definition) is 1. The lowest BCUT2D eigenvalue weighted by molar-refractivity contribution is 0.0713. The van der Waals surface area contributed by atoms with Gasteiger partial charge in [0.2, 0.25) is 0 Å². The van der Waals surface area contributed by atoms with E-state index >= 15 is 0 Å². The molecule has 0 bridgehead atoms. The van der Waals surface area contributed by atoms with Gasteiger partial charge in [0.15, 0.2) is 11.5 Å². The summed E-state index contributed by atoms with van der Waals surface area (Å²) in [4.78, 5) is 27.5. The third-order valence-electron chi connectivity index (χ3n) is 5.89. The van der Waals surface area contributed by atoms with Crippen LogP contribution in [-0.2, 0) is 18.5 Å². The Bertz CT molecular complexity index is 1090. The van der Waals surface area contributed by atoms with Gasteiger partial charge < -0.3 is 14.7 Å². The van der Waals surface area contributed by atoms with Gasteiger partial charge in [-0.3, -0.25) is 9.59 Å². The average Bonchev–Trinajstić information content (AvgIpc) is 3.52. The number of aromatic nitrogens is 1. The smallest absolute Gasteiger partial charge is 0.273 e. The fourth-order valence-electron chi connectivity index (χ4n) is 3.63. The van der Waals surface area contributed by atoms with E-state index in [9.17, 15) is 9.59 Å². The molecule has 0 saturated heterocycles. The first-order valence-corrected chi connectivity index (χ1v) is 11.5. The van der Waals surface area contributed by atoms with E-state index in [2.05, 4.69) is 31.2 Å². The van der Waals surface area contributed by atoms with Crippen LogP contribution in [0.2, 0.25) is 0 Å².